The van der Waals surface area contributed by atoms with Crippen LogP contribution >= 0.6 is 11.3 Å². The highest BCUT2D eigenvalue weighted by Crippen LogP contribution is 2.18. The van der Waals surface area contributed by atoms with Gasteiger partial charge in [-0.2, -0.15) is 5.10 Å². The SMILES string of the molecule is COc1ccc(C=NNc2nc(C)cs2)cc1CN. The standard InChI is InChI=1S/C13H16N4OS/c1-9-8-19-13(16-9)17-15-7-10-3-4-12(18-2)11(5-10)6-14/h3-5,7-8H,6,14H2,1-2H3,(H,16,17). The Morgan fingerprint density at radius 2 is 2.37 bits per heavy atom. The Hall–Kier alpha value is -1.92. The summed E-state index contributed by atoms with van der Waals surface area (Å²) in [5, 5.41) is 6.90. The molecule has 3 N–H and O–H groups in total. The van der Waals surface area contributed by atoms with E-state index in [2.05, 4.69) is 15.5 Å². The van der Waals surface area contributed by atoms with Gasteiger partial charge in [-0.1, -0.05) is 0 Å². The van der Waals surface area contributed by atoms with E-state index in [0.717, 1.165) is 27.7 Å². The Balaban J connectivity index is 2.06. The summed E-state index contributed by atoms with van der Waals surface area (Å²) in [4.78, 5) is 4.26. The molecule has 0 spiro atoms. The van der Waals surface area contributed by atoms with Crippen LogP contribution in [0.4, 0.5) is 5.13 Å². The zero-order valence-electron chi connectivity index (χ0n) is 10.9. The van der Waals surface area contributed by atoms with Crippen LogP contribution in [0, 0.1) is 6.92 Å². The van der Waals surface area contributed by atoms with Crippen LogP contribution in [-0.2, 0) is 6.54 Å². The van der Waals surface area contributed by atoms with E-state index < -0.39 is 0 Å². The van der Waals surface area contributed by atoms with E-state index in [1.807, 2.05) is 30.5 Å². The average Bonchev–Trinajstić information content (AvgIpc) is 2.84. The number of hydrazone groups is 1. The van der Waals surface area contributed by atoms with Crippen LogP contribution in [0.5, 0.6) is 5.75 Å². The Morgan fingerprint density at radius 1 is 1.53 bits per heavy atom. The highest BCUT2D eigenvalue weighted by Gasteiger charge is 2.01. The van der Waals surface area contributed by atoms with Gasteiger partial charge in [0.2, 0.25) is 5.13 Å². The van der Waals surface area contributed by atoms with Crippen molar-refractivity contribution in [2.45, 2.75) is 13.5 Å². The second-order valence-electron chi connectivity index (χ2n) is 3.94. The molecule has 5 nitrogen and oxygen atoms in total. The van der Waals surface area contributed by atoms with Gasteiger partial charge in [-0.15, -0.1) is 11.3 Å². The van der Waals surface area contributed by atoms with Gasteiger partial charge in [0.15, 0.2) is 0 Å². The number of nitrogens with zero attached hydrogens (tertiary/aromatic N) is 2. The Labute approximate surface area is 116 Å². The van der Waals surface area contributed by atoms with Crippen molar-refractivity contribution in [1.82, 2.24) is 4.98 Å². The Morgan fingerprint density at radius 3 is 3.00 bits per heavy atom. The van der Waals surface area contributed by atoms with Crippen molar-refractivity contribution in [3.05, 3.63) is 40.4 Å². The maximum atomic E-state index is 5.67. The van der Waals surface area contributed by atoms with Crippen LogP contribution in [0.2, 0.25) is 0 Å². The second-order valence-corrected chi connectivity index (χ2v) is 4.80. The highest BCUT2D eigenvalue weighted by molar-refractivity contribution is 7.13. The zero-order valence-corrected chi connectivity index (χ0v) is 11.7. The summed E-state index contributed by atoms with van der Waals surface area (Å²) >= 11 is 1.52. The van der Waals surface area contributed by atoms with Crippen LogP contribution in [0.25, 0.3) is 0 Å². The molecular weight excluding hydrogens is 260 g/mol. The summed E-state index contributed by atoms with van der Waals surface area (Å²) in [7, 11) is 1.63. The highest BCUT2D eigenvalue weighted by atomic mass is 32.1. The molecular formula is C13H16N4OS. The number of aromatic nitrogens is 1. The maximum Gasteiger partial charge on any atom is 0.203 e. The summed E-state index contributed by atoms with van der Waals surface area (Å²) < 4.78 is 5.22. The van der Waals surface area contributed by atoms with E-state index in [4.69, 9.17) is 10.5 Å². The number of nitrogens with one attached hydrogen (secondary N) is 1. The van der Waals surface area contributed by atoms with Gasteiger partial charge in [0.05, 0.1) is 19.0 Å². The number of rotatable bonds is 5. The summed E-state index contributed by atoms with van der Waals surface area (Å²) in [6.45, 7) is 2.38. The third-order valence-electron chi connectivity index (χ3n) is 2.52. The molecule has 19 heavy (non-hydrogen) atoms. The molecule has 0 atom stereocenters. The van der Waals surface area contributed by atoms with Crippen molar-refractivity contribution < 1.29 is 4.74 Å². The number of methoxy groups -OCH3 is 1. The van der Waals surface area contributed by atoms with Crippen molar-refractivity contribution >= 4 is 22.7 Å². The molecule has 1 heterocycles. The molecule has 1 aromatic heterocycles. The largest absolute Gasteiger partial charge is 0.496 e. The van der Waals surface area contributed by atoms with Crippen molar-refractivity contribution in [2.75, 3.05) is 12.5 Å². The third kappa shape index (κ3) is 3.52. The molecule has 6 heteroatoms. The molecule has 0 aliphatic rings. The minimum absolute atomic E-state index is 0.434. The molecule has 0 aliphatic heterocycles. The molecule has 0 unspecified atom stereocenters. The molecule has 0 aliphatic carbocycles. The maximum absolute atomic E-state index is 5.67. The van der Waals surface area contributed by atoms with Crippen molar-refractivity contribution in [3.63, 3.8) is 0 Å². The van der Waals surface area contributed by atoms with Gasteiger partial charge in [-0.05, 0) is 30.7 Å². The summed E-state index contributed by atoms with van der Waals surface area (Å²) in [6.07, 6.45) is 1.73. The number of ether oxygens (including phenoxy) is 1. The lowest BCUT2D eigenvalue weighted by molar-refractivity contribution is 0.410. The van der Waals surface area contributed by atoms with Gasteiger partial charge in [-0.25, -0.2) is 4.98 Å². The summed E-state index contributed by atoms with van der Waals surface area (Å²) in [5.41, 5.74) is 11.5. The molecule has 0 saturated carbocycles. The molecule has 0 amide bonds. The first-order valence-electron chi connectivity index (χ1n) is 5.81. The molecule has 0 saturated heterocycles. The molecule has 0 radical (unpaired) electrons. The van der Waals surface area contributed by atoms with Gasteiger partial charge >= 0.3 is 0 Å². The van der Waals surface area contributed by atoms with E-state index >= 15 is 0 Å². The molecule has 0 fully saturated rings. The fourth-order valence-corrected chi connectivity index (χ4v) is 2.24. The minimum atomic E-state index is 0.434. The smallest absolute Gasteiger partial charge is 0.203 e. The quantitative estimate of drug-likeness (QED) is 0.649. The van der Waals surface area contributed by atoms with Crippen LogP contribution in [0.15, 0.2) is 28.7 Å². The number of aryl methyl sites for hydroxylation is 1. The van der Waals surface area contributed by atoms with Crippen LogP contribution in [-0.4, -0.2) is 18.3 Å². The third-order valence-corrected chi connectivity index (χ3v) is 3.38. The molecule has 2 aromatic rings. The van der Waals surface area contributed by atoms with E-state index in [9.17, 15) is 0 Å². The number of hydrogen-bond donors (Lipinski definition) is 2. The Bertz CT molecular complexity index is 580. The average molecular weight is 276 g/mol. The predicted octanol–water partition coefficient (Wildman–Crippen LogP) is 2.36. The van der Waals surface area contributed by atoms with Crippen LogP contribution < -0.4 is 15.9 Å². The van der Waals surface area contributed by atoms with E-state index in [1.54, 1.807) is 13.3 Å². The van der Waals surface area contributed by atoms with E-state index in [-0.39, 0.29) is 0 Å². The monoisotopic (exact) mass is 276 g/mol. The van der Waals surface area contributed by atoms with Gasteiger partial charge < -0.3 is 10.5 Å². The number of nitrogens with two attached hydrogens (primary N) is 1. The zero-order chi connectivity index (χ0) is 13.7. The summed E-state index contributed by atoms with van der Waals surface area (Å²) in [5.74, 6) is 0.795. The van der Waals surface area contributed by atoms with Crippen molar-refractivity contribution in [3.8, 4) is 5.75 Å². The topological polar surface area (TPSA) is 72.5 Å². The fourth-order valence-electron chi connectivity index (χ4n) is 1.61. The number of benzene rings is 1. The molecule has 2 rings (SSSR count). The number of anilines is 1. The number of thiazole rings is 1. The van der Waals surface area contributed by atoms with Gasteiger partial charge in [0.25, 0.3) is 0 Å². The van der Waals surface area contributed by atoms with E-state index in [0.29, 0.717) is 6.54 Å². The first-order chi connectivity index (χ1) is 9.22. The predicted molar refractivity (Wildman–Crippen MR) is 79.0 cm³/mol. The normalized spacial score (nSPS) is 10.9. The molecule has 100 valence electrons. The van der Waals surface area contributed by atoms with Gasteiger partial charge in [-0.3, -0.25) is 5.43 Å². The lowest BCUT2D eigenvalue weighted by Gasteiger charge is -2.06. The first-order valence-corrected chi connectivity index (χ1v) is 6.69. The lowest BCUT2D eigenvalue weighted by atomic mass is 10.1. The Kier molecular flexibility index (Phi) is 4.48. The van der Waals surface area contributed by atoms with E-state index in [1.165, 1.54) is 11.3 Å². The fraction of sp³-hybridized carbons (Fsp3) is 0.231. The van der Waals surface area contributed by atoms with Crippen molar-refractivity contribution in [1.29, 1.82) is 0 Å². The lowest BCUT2D eigenvalue weighted by Crippen LogP contribution is -2.01. The molecule has 1 aromatic carbocycles. The van der Waals surface area contributed by atoms with Crippen molar-refractivity contribution in [2.24, 2.45) is 10.8 Å². The summed E-state index contributed by atoms with van der Waals surface area (Å²) in [6, 6.07) is 5.77. The first kappa shape index (κ1) is 13.5. The second kappa shape index (κ2) is 6.31. The molecule has 0 bridgehead atoms. The number of hydrogen-bond acceptors (Lipinski definition) is 6. The van der Waals surface area contributed by atoms with Gasteiger partial charge in [0, 0.05) is 17.5 Å². The van der Waals surface area contributed by atoms with Gasteiger partial charge in [0.1, 0.15) is 5.75 Å². The van der Waals surface area contributed by atoms with Crippen LogP contribution in [0.3, 0.4) is 0 Å². The van der Waals surface area contributed by atoms with Crippen LogP contribution in [0.1, 0.15) is 16.8 Å². The minimum Gasteiger partial charge on any atom is -0.496 e.